The van der Waals surface area contributed by atoms with E-state index in [0.29, 0.717) is 19.1 Å². The van der Waals surface area contributed by atoms with E-state index in [4.69, 9.17) is 4.74 Å². The number of para-hydroxylation sites is 1. The molecule has 2 unspecified atom stereocenters. The second kappa shape index (κ2) is 9.94. The maximum absolute atomic E-state index is 10.3. The number of β-amino-alcohol motifs (C(OH)–C–C–N with tert-alkyl or cyclic N) is 1. The smallest absolute Gasteiger partial charge is 0.0947 e. The van der Waals surface area contributed by atoms with Crippen LogP contribution in [0.2, 0.25) is 0 Å². The minimum Gasteiger partial charge on any atom is -0.389 e. The molecule has 1 aliphatic rings. The molecule has 2 rings (SSSR count). The molecule has 0 saturated heterocycles. The van der Waals surface area contributed by atoms with Crippen LogP contribution in [-0.2, 0) is 11.2 Å². The van der Waals surface area contributed by atoms with Gasteiger partial charge >= 0.3 is 0 Å². The van der Waals surface area contributed by atoms with Gasteiger partial charge in [0.2, 0.25) is 0 Å². The highest BCUT2D eigenvalue weighted by molar-refractivity contribution is 5.55. The minimum atomic E-state index is -0.412. The third-order valence-electron chi connectivity index (χ3n) is 4.84. The molecule has 3 heteroatoms. The van der Waals surface area contributed by atoms with Gasteiger partial charge in [-0.3, -0.25) is 0 Å². The van der Waals surface area contributed by atoms with Crippen molar-refractivity contribution in [2.24, 2.45) is 5.92 Å². The summed E-state index contributed by atoms with van der Waals surface area (Å²) in [6.45, 7) is 7.38. The SMILES string of the molecule is CCCCC(CC)COCC(O)CN1CCCc2ccccc21. The zero-order valence-corrected chi connectivity index (χ0v) is 14.8. The Morgan fingerprint density at radius 2 is 2.04 bits per heavy atom. The summed E-state index contributed by atoms with van der Waals surface area (Å²) in [5.74, 6) is 0.637. The molecular weight excluding hydrogens is 286 g/mol. The van der Waals surface area contributed by atoms with Crippen LogP contribution in [-0.4, -0.2) is 37.5 Å². The Kier molecular flexibility index (Phi) is 7.90. The molecule has 1 N–H and O–H groups in total. The molecule has 0 spiro atoms. The van der Waals surface area contributed by atoms with Crippen LogP contribution in [0.1, 0.15) is 51.5 Å². The van der Waals surface area contributed by atoms with Gasteiger partial charge < -0.3 is 14.7 Å². The molecule has 0 aliphatic carbocycles. The zero-order chi connectivity index (χ0) is 16.5. The van der Waals surface area contributed by atoms with E-state index >= 15 is 0 Å². The molecule has 130 valence electrons. The first-order valence-corrected chi connectivity index (χ1v) is 9.33. The van der Waals surface area contributed by atoms with Crippen LogP contribution in [0.4, 0.5) is 5.69 Å². The van der Waals surface area contributed by atoms with Gasteiger partial charge in [-0.2, -0.15) is 0 Å². The molecule has 1 heterocycles. The number of aliphatic hydroxyl groups is 1. The molecule has 1 aromatic rings. The van der Waals surface area contributed by atoms with E-state index in [9.17, 15) is 5.11 Å². The Balaban J connectivity index is 1.74. The van der Waals surface area contributed by atoms with Crippen LogP contribution in [0.15, 0.2) is 24.3 Å². The van der Waals surface area contributed by atoms with E-state index in [1.807, 2.05) is 0 Å². The molecule has 1 aliphatic heterocycles. The quantitative estimate of drug-likeness (QED) is 0.706. The second-order valence-corrected chi connectivity index (χ2v) is 6.79. The first-order chi connectivity index (χ1) is 11.2. The third-order valence-corrected chi connectivity index (χ3v) is 4.84. The number of fused-ring (bicyclic) bond motifs is 1. The van der Waals surface area contributed by atoms with E-state index in [2.05, 4.69) is 43.0 Å². The van der Waals surface area contributed by atoms with Crippen molar-refractivity contribution in [1.29, 1.82) is 0 Å². The Morgan fingerprint density at radius 1 is 1.22 bits per heavy atom. The number of benzene rings is 1. The van der Waals surface area contributed by atoms with E-state index in [1.54, 1.807) is 0 Å². The van der Waals surface area contributed by atoms with Crippen LogP contribution in [0, 0.1) is 5.92 Å². The number of nitrogens with zero attached hydrogens (tertiary/aromatic N) is 1. The van der Waals surface area contributed by atoms with Crippen molar-refractivity contribution >= 4 is 5.69 Å². The average Bonchev–Trinajstić information content (AvgIpc) is 2.58. The number of aliphatic hydroxyl groups excluding tert-OH is 1. The van der Waals surface area contributed by atoms with Crippen LogP contribution in [0.5, 0.6) is 0 Å². The fraction of sp³-hybridized carbons (Fsp3) is 0.700. The summed E-state index contributed by atoms with van der Waals surface area (Å²) in [6, 6.07) is 8.55. The van der Waals surface area contributed by atoms with Crippen LogP contribution < -0.4 is 4.90 Å². The normalized spacial score (nSPS) is 16.9. The predicted molar refractivity (Wildman–Crippen MR) is 97.1 cm³/mol. The molecule has 2 atom stereocenters. The Labute approximate surface area is 141 Å². The van der Waals surface area contributed by atoms with Crippen LogP contribution in [0.25, 0.3) is 0 Å². The van der Waals surface area contributed by atoms with Crippen molar-refractivity contribution in [3.63, 3.8) is 0 Å². The highest BCUT2D eigenvalue weighted by Gasteiger charge is 2.19. The highest BCUT2D eigenvalue weighted by Crippen LogP contribution is 2.26. The first kappa shape index (κ1) is 18.3. The van der Waals surface area contributed by atoms with Gasteiger partial charge in [-0.15, -0.1) is 0 Å². The number of hydrogen-bond acceptors (Lipinski definition) is 3. The Morgan fingerprint density at radius 3 is 2.83 bits per heavy atom. The fourth-order valence-electron chi connectivity index (χ4n) is 3.38. The van der Waals surface area contributed by atoms with Gasteiger partial charge in [0.25, 0.3) is 0 Å². The number of rotatable bonds is 10. The van der Waals surface area contributed by atoms with Crippen LogP contribution >= 0.6 is 0 Å². The number of ether oxygens (including phenoxy) is 1. The number of aryl methyl sites for hydroxylation is 1. The standard InChI is InChI=1S/C20H33NO2/c1-3-5-9-17(4-2)15-23-16-19(22)14-21-13-8-11-18-10-6-7-12-20(18)21/h6-7,10,12,17,19,22H,3-5,8-9,11,13-16H2,1-2H3. The van der Waals surface area contributed by atoms with Gasteiger partial charge in [-0.05, 0) is 36.8 Å². The highest BCUT2D eigenvalue weighted by atomic mass is 16.5. The van der Waals surface area contributed by atoms with Crippen molar-refractivity contribution in [3.05, 3.63) is 29.8 Å². The number of anilines is 1. The Bertz CT molecular complexity index is 449. The molecular formula is C20H33NO2. The second-order valence-electron chi connectivity index (χ2n) is 6.79. The molecule has 3 nitrogen and oxygen atoms in total. The lowest BCUT2D eigenvalue weighted by Crippen LogP contribution is -2.38. The summed E-state index contributed by atoms with van der Waals surface area (Å²) in [5.41, 5.74) is 2.68. The van der Waals surface area contributed by atoms with E-state index in [1.165, 1.54) is 36.9 Å². The third kappa shape index (κ3) is 5.82. The topological polar surface area (TPSA) is 32.7 Å². The monoisotopic (exact) mass is 319 g/mol. The lowest BCUT2D eigenvalue weighted by Gasteiger charge is -2.32. The van der Waals surface area contributed by atoms with Gasteiger partial charge in [-0.25, -0.2) is 0 Å². The minimum absolute atomic E-state index is 0.412. The van der Waals surface area contributed by atoms with Crippen LogP contribution in [0.3, 0.4) is 0 Å². The largest absolute Gasteiger partial charge is 0.389 e. The summed E-state index contributed by atoms with van der Waals surface area (Å²) in [7, 11) is 0. The molecule has 0 fully saturated rings. The molecule has 1 aromatic carbocycles. The van der Waals surface area contributed by atoms with E-state index < -0.39 is 6.10 Å². The van der Waals surface area contributed by atoms with Crippen molar-refractivity contribution < 1.29 is 9.84 Å². The van der Waals surface area contributed by atoms with Crippen molar-refractivity contribution in [3.8, 4) is 0 Å². The summed E-state index contributed by atoms with van der Waals surface area (Å²) in [5, 5.41) is 10.3. The fourth-order valence-corrected chi connectivity index (χ4v) is 3.38. The molecule has 23 heavy (non-hydrogen) atoms. The maximum atomic E-state index is 10.3. The van der Waals surface area contributed by atoms with Gasteiger partial charge in [0.05, 0.1) is 12.7 Å². The van der Waals surface area contributed by atoms with Gasteiger partial charge in [0.15, 0.2) is 0 Å². The first-order valence-electron chi connectivity index (χ1n) is 9.33. The van der Waals surface area contributed by atoms with Crippen molar-refractivity contribution in [1.82, 2.24) is 0 Å². The van der Waals surface area contributed by atoms with E-state index in [0.717, 1.165) is 26.0 Å². The number of hydrogen-bond donors (Lipinski definition) is 1. The molecule has 0 amide bonds. The van der Waals surface area contributed by atoms with Gasteiger partial charge in [0, 0.05) is 25.4 Å². The summed E-state index contributed by atoms with van der Waals surface area (Å²) >= 11 is 0. The van der Waals surface area contributed by atoms with E-state index in [-0.39, 0.29) is 0 Å². The van der Waals surface area contributed by atoms with Crippen molar-refractivity contribution in [2.45, 2.75) is 58.5 Å². The summed E-state index contributed by atoms with van der Waals surface area (Å²) < 4.78 is 5.80. The van der Waals surface area contributed by atoms with Gasteiger partial charge in [0.1, 0.15) is 0 Å². The lowest BCUT2D eigenvalue weighted by molar-refractivity contribution is 0.0219. The summed E-state index contributed by atoms with van der Waals surface area (Å²) in [6.07, 6.45) is 6.82. The molecule has 0 bridgehead atoms. The predicted octanol–water partition coefficient (Wildman–Crippen LogP) is 4.03. The number of unbranched alkanes of at least 4 members (excludes halogenated alkanes) is 1. The Hall–Kier alpha value is -1.06. The van der Waals surface area contributed by atoms with Gasteiger partial charge in [-0.1, -0.05) is 51.3 Å². The lowest BCUT2D eigenvalue weighted by atomic mass is 10.0. The average molecular weight is 319 g/mol. The molecule has 0 aromatic heterocycles. The molecule has 0 saturated carbocycles. The summed E-state index contributed by atoms with van der Waals surface area (Å²) in [4.78, 5) is 2.31. The molecule has 0 radical (unpaired) electrons. The van der Waals surface area contributed by atoms with Crippen molar-refractivity contribution in [2.75, 3.05) is 31.2 Å². The maximum Gasteiger partial charge on any atom is 0.0947 e. The zero-order valence-electron chi connectivity index (χ0n) is 14.8.